The van der Waals surface area contributed by atoms with Gasteiger partial charge in [-0.15, -0.1) is 11.3 Å². The molecule has 0 aliphatic carbocycles. The zero-order valence-electron chi connectivity index (χ0n) is 11.1. The molecule has 0 bridgehead atoms. The van der Waals surface area contributed by atoms with Crippen molar-refractivity contribution in [2.75, 3.05) is 19.0 Å². The molecule has 0 unspecified atom stereocenters. The quantitative estimate of drug-likeness (QED) is 0.802. The number of hydrogen-bond acceptors (Lipinski definition) is 6. The molecule has 0 aliphatic rings. The predicted molar refractivity (Wildman–Crippen MR) is 74.5 cm³/mol. The third-order valence-corrected chi connectivity index (χ3v) is 3.53. The van der Waals surface area contributed by atoms with Crippen LogP contribution in [0, 0.1) is 6.92 Å². The van der Waals surface area contributed by atoms with Gasteiger partial charge in [0.2, 0.25) is 0 Å². The van der Waals surface area contributed by atoms with E-state index >= 15 is 0 Å². The van der Waals surface area contributed by atoms with Crippen LogP contribution >= 0.6 is 11.3 Å². The monoisotopic (exact) mass is 277 g/mol. The Morgan fingerprint density at radius 1 is 1.42 bits per heavy atom. The minimum absolute atomic E-state index is 0.259. The first kappa shape index (κ1) is 13.5. The summed E-state index contributed by atoms with van der Waals surface area (Å²) in [5.74, 6) is 0.377. The van der Waals surface area contributed by atoms with Crippen molar-refractivity contribution in [3.05, 3.63) is 40.0 Å². The summed E-state index contributed by atoms with van der Waals surface area (Å²) in [5, 5.41) is 0. The molecule has 0 atom stereocenters. The molecular formula is C13H15N3O2S. The first-order valence-corrected chi connectivity index (χ1v) is 6.65. The molecule has 6 heteroatoms. The maximum absolute atomic E-state index is 11.9. The van der Waals surface area contributed by atoms with Crippen molar-refractivity contribution in [2.24, 2.45) is 0 Å². The van der Waals surface area contributed by atoms with Crippen LogP contribution in [0.5, 0.6) is 0 Å². The standard InChI is InChI=1S/C13H15N3O2S/c1-9-11(19-8-15-9)7-18-13(17)10-4-5-14-12(6-10)16(2)3/h4-6,8H,7H2,1-3H3. The van der Waals surface area contributed by atoms with E-state index in [0.29, 0.717) is 5.56 Å². The Hall–Kier alpha value is -1.95. The minimum atomic E-state index is -0.349. The second-order valence-corrected chi connectivity index (χ2v) is 5.17. The number of aromatic nitrogens is 2. The van der Waals surface area contributed by atoms with Gasteiger partial charge in [0.05, 0.1) is 21.6 Å². The largest absolute Gasteiger partial charge is 0.456 e. The maximum atomic E-state index is 11.9. The summed E-state index contributed by atoms with van der Waals surface area (Å²) in [6.07, 6.45) is 1.60. The summed E-state index contributed by atoms with van der Waals surface area (Å²) in [7, 11) is 3.75. The molecule has 0 N–H and O–H groups in total. The van der Waals surface area contributed by atoms with Crippen molar-refractivity contribution in [2.45, 2.75) is 13.5 Å². The molecule has 0 aromatic carbocycles. The third kappa shape index (κ3) is 3.29. The predicted octanol–water partition coefficient (Wildman–Crippen LogP) is 2.27. The van der Waals surface area contributed by atoms with E-state index in [4.69, 9.17) is 4.74 Å². The fourth-order valence-electron chi connectivity index (χ4n) is 1.47. The van der Waals surface area contributed by atoms with Crippen LogP contribution in [0.15, 0.2) is 23.8 Å². The van der Waals surface area contributed by atoms with Gasteiger partial charge in [0.25, 0.3) is 0 Å². The van der Waals surface area contributed by atoms with Gasteiger partial charge in [0, 0.05) is 20.3 Å². The number of esters is 1. The molecule has 19 heavy (non-hydrogen) atoms. The Morgan fingerprint density at radius 2 is 2.21 bits per heavy atom. The number of aryl methyl sites for hydroxylation is 1. The van der Waals surface area contributed by atoms with E-state index in [0.717, 1.165) is 16.4 Å². The highest BCUT2D eigenvalue weighted by Gasteiger charge is 2.11. The van der Waals surface area contributed by atoms with Crippen LogP contribution in [0.4, 0.5) is 5.82 Å². The van der Waals surface area contributed by atoms with Gasteiger partial charge in [0.15, 0.2) is 0 Å². The van der Waals surface area contributed by atoms with E-state index in [9.17, 15) is 4.79 Å². The van der Waals surface area contributed by atoms with Crippen LogP contribution in [-0.2, 0) is 11.3 Å². The lowest BCUT2D eigenvalue weighted by Gasteiger charge is -2.11. The minimum Gasteiger partial charge on any atom is -0.456 e. The Morgan fingerprint density at radius 3 is 2.84 bits per heavy atom. The smallest absolute Gasteiger partial charge is 0.338 e. The molecule has 2 rings (SSSR count). The van der Waals surface area contributed by atoms with E-state index in [-0.39, 0.29) is 12.6 Å². The summed E-state index contributed by atoms with van der Waals surface area (Å²) in [5.41, 5.74) is 3.15. The fourth-order valence-corrected chi connectivity index (χ4v) is 2.16. The number of pyridine rings is 1. The molecule has 0 saturated heterocycles. The van der Waals surface area contributed by atoms with Gasteiger partial charge in [-0.05, 0) is 19.1 Å². The number of carbonyl (C=O) groups excluding carboxylic acids is 1. The lowest BCUT2D eigenvalue weighted by Crippen LogP contribution is -2.12. The van der Waals surface area contributed by atoms with Crippen LogP contribution < -0.4 is 4.90 Å². The van der Waals surface area contributed by atoms with Crippen LogP contribution in [-0.4, -0.2) is 30.0 Å². The zero-order valence-corrected chi connectivity index (χ0v) is 11.9. The first-order valence-electron chi connectivity index (χ1n) is 5.77. The summed E-state index contributed by atoms with van der Waals surface area (Å²) in [6, 6.07) is 3.36. The van der Waals surface area contributed by atoms with Gasteiger partial charge < -0.3 is 9.64 Å². The Kier molecular flexibility index (Phi) is 4.11. The van der Waals surface area contributed by atoms with Crippen LogP contribution in [0.25, 0.3) is 0 Å². The van der Waals surface area contributed by atoms with E-state index in [1.54, 1.807) is 23.8 Å². The number of anilines is 1. The molecule has 5 nitrogen and oxygen atoms in total. The van der Waals surface area contributed by atoms with Crippen LogP contribution in [0.1, 0.15) is 20.9 Å². The Bertz CT molecular complexity index is 581. The topological polar surface area (TPSA) is 55.3 Å². The highest BCUT2D eigenvalue weighted by molar-refractivity contribution is 7.09. The maximum Gasteiger partial charge on any atom is 0.338 e. The molecule has 2 aromatic rings. The van der Waals surface area contributed by atoms with Gasteiger partial charge in [-0.1, -0.05) is 0 Å². The lowest BCUT2D eigenvalue weighted by molar-refractivity contribution is 0.0476. The highest BCUT2D eigenvalue weighted by atomic mass is 32.1. The van der Waals surface area contributed by atoms with Gasteiger partial charge >= 0.3 is 5.97 Å². The van der Waals surface area contributed by atoms with E-state index in [1.807, 2.05) is 25.9 Å². The van der Waals surface area contributed by atoms with Crippen molar-refractivity contribution in [3.8, 4) is 0 Å². The van der Waals surface area contributed by atoms with E-state index in [2.05, 4.69) is 9.97 Å². The number of rotatable bonds is 4. The molecule has 2 aromatic heterocycles. The summed E-state index contributed by atoms with van der Waals surface area (Å²) in [4.78, 5) is 23.0. The molecule has 2 heterocycles. The number of ether oxygens (including phenoxy) is 1. The number of carbonyl (C=O) groups is 1. The zero-order chi connectivity index (χ0) is 13.8. The molecule has 0 fully saturated rings. The Labute approximate surface area is 115 Å². The number of hydrogen-bond donors (Lipinski definition) is 0. The molecule has 0 saturated carbocycles. The highest BCUT2D eigenvalue weighted by Crippen LogP contribution is 2.15. The SMILES string of the molecule is Cc1ncsc1COC(=O)c1ccnc(N(C)C)c1. The van der Waals surface area contributed by atoms with E-state index in [1.165, 1.54) is 11.3 Å². The first-order chi connectivity index (χ1) is 9.08. The molecular weight excluding hydrogens is 262 g/mol. The molecule has 0 amide bonds. The third-order valence-electron chi connectivity index (χ3n) is 2.62. The van der Waals surface area contributed by atoms with Gasteiger partial charge in [0.1, 0.15) is 12.4 Å². The number of nitrogens with zero attached hydrogens (tertiary/aromatic N) is 3. The van der Waals surface area contributed by atoms with Crippen molar-refractivity contribution in [1.82, 2.24) is 9.97 Å². The van der Waals surface area contributed by atoms with Crippen molar-refractivity contribution >= 4 is 23.1 Å². The van der Waals surface area contributed by atoms with Gasteiger partial charge in [-0.3, -0.25) is 0 Å². The van der Waals surface area contributed by atoms with E-state index < -0.39 is 0 Å². The van der Waals surface area contributed by atoms with Crippen LogP contribution in [0.2, 0.25) is 0 Å². The average molecular weight is 277 g/mol. The number of thiazole rings is 1. The normalized spacial score (nSPS) is 10.3. The summed E-state index contributed by atoms with van der Waals surface area (Å²) in [6.45, 7) is 2.16. The molecule has 100 valence electrons. The van der Waals surface area contributed by atoms with Gasteiger partial charge in [-0.25, -0.2) is 14.8 Å². The fraction of sp³-hybridized carbons (Fsp3) is 0.308. The molecule has 0 aliphatic heterocycles. The van der Waals surface area contributed by atoms with Crippen molar-refractivity contribution < 1.29 is 9.53 Å². The van der Waals surface area contributed by atoms with Crippen molar-refractivity contribution in [3.63, 3.8) is 0 Å². The molecule has 0 radical (unpaired) electrons. The molecule has 0 spiro atoms. The van der Waals surface area contributed by atoms with Gasteiger partial charge in [-0.2, -0.15) is 0 Å². The Balaban J connectivity index is 2.04. The van der Waals surface area contributed by atoms with Crippen LogP contribution in [0.3, 0.4) is 0 Å². The summed E-state index contributed by atoms with van der Waals surface area (Å²) >= 11 is 1.49. The second-order valence-electron chi connectivity index (χ2n) is 4.23. The second kappa shape index (κ2) is 5.79. The summed E-state index contributed by atoms with van der Waals surface area (Å²) < 4.78 is 5.27. The van der Waals surface area contributed by atoms with Crippen molar-refractivity contribution in [1.29, 1.82) is 0 Å². The average Bonchev–Trinajstić information content (AvgIpc) is 2.81. The lowest BCUT2D eigenvalue weighted by atomic mass is 10.2.